The van der Waals surface area contributed by atoms with Gasteiger partial charge in [0, 0.05) is 19.4 Å². The molecule has 1 N–H and O–H groups in total. The van der Waals surface area contributed by atoms with Crippen molar-refractivity contribution in [2.75, 3.05) is 7.11 Å². The summed E-state index contributed by atoms with van der Waals surface area (Å²) in [5, 5.41) is 2.85. The molecular formula is C14H17NO2. The molecule has 0 bridgehead atoms. The Morgan fingerprint density at radius 1 is 1.47 bits per heavy atom. The van der Waals surface area contributed by atoms with Gasteiger partial charge in [-0.05, 0) is 24.6 Å². The average molecular weight is 231 g/mol. The summed E-state index contributed by atoms with van der Waals surface area (Å²) < 4.78 is 5.11. The summed E-state index contributed by atoms with van der Waals surface area (Å²) in [6.07, 6.45) is 1.06. The highest BCUT2D eigenvalue weighted by Crippen LogP contribution is 2.12. The van der Waals surface area contributed by atoms with Gasteiger partial charge in [-0.3, -0.25) is 4.79 Å². The molecule has 0 aliphatic heterocycles. The van der Waals surface area contributed by atoms with Gasteiger partial charge in [-0.1, -0.05) is 12.1 Å². The lowest BCUT2D eigenvalue weighted by atomic mass is 10.2. The number of carbonyl (C=O) groups excluding carboxylic acids is 1. The van der Waals surface area contributed by atoms with Crippen LogP contribution in [0.25, 0.3) is 0 Å². The standard InChI is InChI=1S/C14H17NO2/c1-3-4-5-9-14(16)15-11-12-7-6-8-13(10-12)17-2/h6-8,10H,5,9,11H2,1-2H3,(H,15,16). The van der Waals surface area contributed by atoms with Crippen molar-refractivity contribution in [3.05, 3.63) is 29.8 Å². The van der Waals surface area contributed by atoms with Gasteiger partial charge in [-0.25, -0.2) is 0 Å². The van der Waals surface area contributed by atoms with Crippen LogP contribution in [0.1, 0.15) is 25.3 Å². The average Bonchev–Trinajstić information content (AvgIpc) is 2.37. The highest BCUT2D eigenvalue weighted by molar-refractivity contribution is 5.76. The van der Waals surface area contributed by atoms with Crippen LogP contribution in [-0.2, 0) is 11.3 Å². The van der Waals surface area contributed by atoms with Crippen LogP contribution in [0.15, 0.2) is 24.3 Å². The van der Waals surface area contributed by atoms with Crippen molar-refractivity contribution in [2.24, 2.45) is 0 Å². The van der Waals surface area contributed by atoms with Crippen molar-refractivity contribution >= 4 is 5.91 Å². The van der Waals surface area contributed by atoms with E-state index in [4.69, 9.17) is 4.74 Å². The zero-order valence-electron chi connectivity index (χ0n) is 10.2. The first kappa shape index (κ1) is 13.1. The summed E-state index contributed by atoms with van der Waals surface area (Å²) >= 11 is 0. The first-order chi connectivity index (χ1) is 8.26. The Morgan fingerprint density at radius 2 is 2.29 bits per heavy atom. The molecular weight excluding hydrogens is 214 g/mol. The normalized spacial score (nSPS) is 9.06. The summed E-state index contributed by atoms with van der Waals surface area (Å²) in [5.74, 6) is 6.45. The maximum atomic E-state index is 11.4. The van der Waals surface area contributed by atoms with Gasteiger partial charge in [0.2, 0.25) is 5.91 Å². The first-order valence-corrected chi connectivity index (χ1v) is 5.55. The second-order valence-electron chi connectivity index (χ2n) is 3.56. The predicted octanol–water partition coefficient (Wildman–Crippen LogP) is 2.11. The fraction of sp³-hybridized carbons (Fsp3) is 0.357. The van der Waals surface area contributed by atoms with Gasteiger partial charge in [0.1, 0.15) is 5.75 Å². The molecule has 0 atom stereocenters. The SMILES string of the molecule is CC#CCCC(=O)NCc1cccc(OC)c1. The maximum Gasteiger partial charge on any atom is 0.221 e. The van der Waals surface area contributed by atoms with Gasteiger partial charge in [0.15, 0.2) is 0 Å². The number of rotatable bonds is 5. The Bertz CT molecular complexity index is 429. The van der Waals surface area contributed by atoms with Crippen molar-refractivity contribution in [3.63, 3.8) is 0 Å². The topological polar surface area (TPSA) is 38.3 Å². The Morgan fingerprint density at radius 3 is 3.00 bits per heavy atom. The highest BCUT2D eigenvalue weighted by atomic mass is 16.5. The minimum absolute atomic E-state index is 0.0237. The van der Waals surface area contributed by atoms with Crippen LogP contribution in [-0.4, -0.2) is 13.0 Å². The quantitative estimate of drug-likeness (QED) is 0.788. The van der Waals surface area contributed by atoms with E-state index in [9.17, 15) is 4.79 Å². The third-order valence-electron chi connectivity index (χ3n) is 2.28. The lowest BCUT2D eigenvalue weighted by Gasteiger charge is -2.06. The van der Waals surface area contributed by atoms with Crippen LogP contribution in [0.5, 0.6) is 5.75 Å². The number of ether oxygens (including phenoxy) is 1. The number of amides is 1. The molecule has 90 valence electrons. The van der Waals surface area contributed by atoms with Crippen LogP contribution in [0.4, 0.5) is 0 Å². The summed E-state index contributed by atoms with van der Waals surface area (Å²) in [6, 6.07) is 7.64. The minimum Gasteiger partial charge on any atom is -0.497 e. The first-order valence-electron chi connectivity index (χ1n) is 5.55. The van der Waals surface area contributed by atoms with Gasteiger partial charge in [-0.15, -0.1) is 11.8 Å². The number of benzene rings is 1. The molecule has 1 aromatic rings. The molecule has 0 spiro atoms. The third-order valence-corrected chi connectivity index (χ3v) is 2.28. The number of carbonyl (C=O) groups is 1. The summed E-state index contributed by atoms with van der Waals surface area (Å²) in [5.41, 5.74) is 1.03. The zero-order chi connectivity index (χ0) is 12.5. The number of hydrogen-bond acceptors (Lipinski definition) is 2. The smallest absolute Gasteiger partial charge is 0.221 e. The molecule has 0 saturated carbocycles. The van der Waals surface area contributed by atoms with E-state index in [1.54, 1.807) is 14.0 Å². The molecule has 0 saturated heterocycles. The van der Waals surface area contributed by atoms with Gasteiger partial charge in [0.05, 0.1) is 7.11 Å². The molecule has 1 aromatic carbocycles. The van der Waals surface area contributed by atoms with Crippen LogP contribution in [0.2, 0.25) is 0 Å². The Hall–Kier alpha value is -1.95. The highest BCUT2D eigenvalue weighted by Gasteiger charge is 2.00. The lowest BCUT2D eigenvalue weighted by Crippen LogP contribution is -2.22. The van der Waals surface area contributed by atoms with Gasteiger partial charge < -0.3 is 10.1 Å². The largest absolute Gasteiger partial charge is 0.497 e. The summed E-state index contributed by atoms with van der Waals surface area (Å²) in [6.45, 7) is 2.30. The molecule has 17 heavy (non-hydrogen) atoms. The minimum atomic E-state index is 0.0237. The Balaban J connectivity index is 2.38. The molecule has 3 heteroatoms. The van der Waals surface area contributed by atoms with E-state index in [1.807, 2.05) is 24.3 Å². The molecule has 0 fully saturated rings. The van der Waals surface area contributed by atoms with E-state index in [0.717, 1.165) is 11.3 Å². The third kappa shape index (κ3) is 5.07. The van der Waals surface area contributed by atoms with Crippen LogP contribution < -0.4 is 10.1 Å². The molecule has 0 radical (unpaired) electrons. The van der Waals surface area contributed by atoms with Gasteiger partial charge >= 0.3 is 0 Å². The monoisotopic (exact) mass is 231 g/mol. The molecule has 0 aliphatic rings. The van der Waals surface area contributed by atoms with Crippen LogP contribution in [0, 0.1) is 11.8 Å². The summed E-state index contributed by atoms with van der Waals surface area (Å²) in [4.78, 5) is 11.4. The Kier molecular flexibility index (Phi) is 5.67. The fourth-order valence-electron chi connectivity index (χ4n) is 1.37. The molecule has 0 heterocycles. The molecule has 0 aliphatic carbocycles. The summed E-state index contributed by atoms with van der Waals surface area (Å²) in [7, 11) is 1.63. The second-order valence-corrected chi connectivity index (χ2v) is 3.56. The number of nitrogens with one attached hydrogen (secondary N) is 1. The van der Waals surface area contributed by atoms with Crippen molar-refractivity contribution in [1.29, 1.82) is 0 Å². The molecule has 1 amide bonds. The van der Waals surface area contributed by atoms with Crippen LogP contribution >= 0.6 is 0 Å². The lowest BCUT2D eigenvalue weighted by molar-refractivity contribution is -0.121. The van der Waals surface area contributed by atoms with E-state index >= 15 is 0 Å². The van der Waals surface area contributed by atoms with Crippen molar-refractivity contribution < 1.29 is 9.53 Å². The fourth-order valence-corrected chi connectivity index (χ4v) is 1.37. The van der Waals surface area contributed by atoms with E-state index in [-0.39, 0.29) is 5.91 Å². The second kappa shape index (κ2) is 7.34. The zero-order valence-corrected chi connectivity index (χ0v) is 10.2. The predicted molar refractivity (Wildman–Crippen MR) is 67.5 cm³/mol. The van der Waals surface area contributed by atoms with Crippen molar-refractivity contribution in [3.8, 4) is 17.6 Å². The molecule has 0 aromatic heterocycles. The van der Waals surface area contributed by atoms with Gasteiger partial charge in [0.25, 0.3) is 0 Å². The van der Waals surface area contributed by atoms with E-state index in [2.05, 4.69) is 17.2 Å². The van der Waals surface area contributed by atoms with Crippen LogP contribution in [0.3, 0.4) is 0 Å². The Labute approximate surface area is 102 Å². The van der Waals surface area contributed by atoms with E-state index < -0.39 is 0 Å². The number of hydrogen-bond donors (Lipinski definition) is 1. The van der Waals surface area contributed by atoms with E-state index in [1.165, 1.54) is 0 Å². The number of methoxy groups -OCH3 is 1. The molecule has 3 nitrogen and oxygen atoms in total. The maximum absolute atomic E-state index is 11.4. The van der Waals surface area contributed by atoms with E-state index in [0.29, 0.717) is 19.4 Å². The van der Waals surface area contributed by atoms with Crippen molar-refractivity contribution in [2.45, 2.75) is 26.3 Å². The van der Waals surface area contributed by atoms with Gasteiger partial charge in [-0.2, -0.15) is 0 Å². The molecule has 1 rings (SSSR count). The van der Waals surface area contributed by atoms with Crippen molar-refractivity contribution in [1.82, 2.24) is 5.32 Å². The molecule has 0 unspecified atom stereocenters.